The predicted molar refractivity (Wildman–Crippen MR) is 91.7 cm³/mol. The summed E-state index contributed by atoms with van der Waals surface area (Å²) < 4.78 is 20.7. The average Bonchev–Trinajstić information content (AvgIpc) is 3.03. The van der Waals surface area contributed by atoms with Crippen LogP contribution in [0.2, 0.25) is 0 Å². The van der Waals surface area contributed by atoms with Gasteiger partial charge in [-0.1, -0.05) is 18.2 Å². The number of hydrogen-bond acceptors (Lipinski definition) is 4. The van der Waals surface area contributed by atoms with E-state index in [1.54, 1.807) is 6.20 Å². The van der Waals surface area contributed by atoms with Crippen LogP contribution in [0.15, 0.2) is 61.2 Å². The molecule has 124 valence electrons. The number of pyridine rings is 1. The summed E-state index contributed by atoms with van der Waals surface area (Å²) in [5.74, 6) is 0.891. The van der Waals surface area contributed by atoms with E-state index in [0.717, 1.165) is 28.1 Å². The summed E-state index contributed by atoms with van der Waals surface area (Å²) in [4.78, 5) is 12.5. The molecule has 0 saturated heterocycles. The van der Waals surface area contributed by atoms with Crippen LogP contribution in [0.25, 0.3) is 16.9 Å². The molecule has 1 aromatic carbocycles. The van der Waals surface area contributed by atoms with Crippen LogP contribution in [-0.2, 0) is 6.61 Å². The number of rotatable bonds is 4. The molecule has 3 heterocycles. The lowest BCUT2D eigenvalue weighted by Crippen LogP contribution is -1.94. The van der Waals surface area contributed by atoms with E-state index in [2.05, 4.69) is 15.0 Å². The Morgan fingerprint density at radius 1 is 1.08 bits per heavy atom. The number of imidazole rings is 1. The minimum atomic E-state index is -0.488. The maximum Gasteiger partial charge on any atom is 0.234 e. The first-order valence-electron chi connectivity index (χ1n) is 7.83. The van der Waals surface area contributed by atoms with Crippen LogP contribution >= 0.6 is 0 Å². The van der Waals surface area contributed by atoms with Gasteiger partial charge in [0.2, 0.25) is 11.7 Å². The summed E-state index contributed by atoms with van der Waals surface area (Å²) in [6.07, 6.45) is 7.01. The monoisotopic (exact) mass is 334 g/mol. The summed E-state index contributed by atoms with van der Waals surface area (Å²) >= 11 is 0. The fourth-order valence-electron chi connectivity index (χ4n) is 2.64. The van der Waals surface area contributed by atoms with E-state index in [0.29, 0.717) is 12.4 Å². The van der Waals surface area contributed by atoms with Gasteiger partial charge in [-0.2, -0.15) is 4.39 Å². The molecule has 3 aromatic heterocycles. The van der Waals surface area contributed by atoms with Gasteiger partial charge in [-0.05, 0) is 30.7 Å². The van der Waals surface area contributed by atoms with Crippen LogP contribution in [0.4, 0.5) is 4.39 Å². The van der Waals surface area contributed by atoms with E-state index in [1.165, 1.54) is 12.3 Å². The van der Waals surface area contributed by atoms with Crippen LogP contribution in [0.3, 0.4) is 0 Å². The van der Waals surface area contributed by atoms with Gasteiger partial charge in [-0.15, -0.1) is 0 Å². The van der Waals surface area contributed by atoms with Crippen molar-refractivity contribution in [2.45, 2.75) is 13.5 Å². The number of aryl methyl sites for hydroxylation is 1. The molecule has 0 fully saturated rings. The number of halogens is 1. The van der Waals surface area contributed by atoms with E-state index in [9.17, 15) is 4.39 Å². The van der Waals surface area contributed by atoms with Crippen molar-refractivity contribution in [1.82, 2.24) is 19.4 Å². The fourth-order valence-corrected chi connectivity index (χ4v) is 2.64. The average molecular weight is 334 g/mol. The van der Waals surface area contributed by atoms with Crippen molar-refractivity contribution in [1.29, 1.82) is 0 Å². The summed E-state index contributed by atoms with van der Waals surface area (Å²) in [6.45, 7) is 2.21. The zero-order valence-corrected chi connectivity index (χ0v) is 13.6. The topological polar surface area (TPSA) is 52.3 Å². The summed E-state index contributed by atoms with van der Waals surface area (Å²) in [7, 11) is 0. The van der Waals surface area contributed by atoms with Crippen molar-refractivity contribution in [2.75, 3.05) is 0 Å². The maximum absolute atomic E-state index is 13.2. The summed E-state index contributed by atoms with van der Waals surface area (Å²) in [5, 5.41) is 0. The Labute approximate surface area is 143 Å². The van der Waals surface area contributed by atoms with Gasteiger partial charge in [0, 0.05) is 35.9 Å². The van der Waals surface area contributed by atoms with Gasteiger partial charge >= 0.3 is 0 Å². The molecule has 4 aromatic rings. The second-order valence-corrected chi connectivity index (χ2v) is 5.71. The second kappa shape index (κ2) is 6.32. The van der Waals surface area contributed by atoms with Crippen molar-refractivity contribution in [2.24, 2.45) is 0 Å². The lowest BCUT2D eigenvalue weighted by atomic mass is 10.1. The Morgan fingerprint density at radius 2 is 1.92 bits per heavy atom. The largest absolute Gasteiger partial charge is 0.487 e. The molecule has 0 aliphatic carbocycles. The highest BCUT2D eigenvalue weighted by molar-refractivity contribution is 5.65. The van der Waals surface area contributed by atoms with Gasteiger partial charge in [-0.3, -0.25) is 4.40 Å². The van der Waals surface area contributed by atoms with Crippen molar-refractivity contribution in [3.63, 3.8) is 0 Å². The highest BCUT2D eigenvalue weighted by atomic mass is 19.1. The van der Waals surface area contributed by atoms with Gasteiger partial charge in [0.15, 0.2) is 0 Å². The van der Waals surface area contributed by atoms with Crippen LogP contribution in [0.5, 0.6) is 5.75 Å². The molecule has 0 aliphatic rings. The molecule has 25 heavy (non-hydrogen) atoms. The second-order valence-electron chi connectivity index (χ2n) is 5.71. The lowest BCUT2D eigenvalue weighted by molar-refractivity contribution is 0.302. The third-order valence-electron chi connectivity index (χ3n) is 3.88. The Morgan fingerprint density at radius 3 is 2.72 bits per heavy atom. The van der Waals surface area contributed by atoms with Crippen molar-refractivity contribution >= 4 is 5.78 Å². The quantitative estimate of drug-likeness (QED) is 0.533. The maximum atomic E-state index is 13.2. The zero-order valence-electron chi connectivity index (χ0n) is 13.6. The molecule has 6 heteroatoms. The molecule has 0 bridgehead atoms. The van der Waals surface area contributed by atoms with Crippen LogP contribution in [0, 0.1) is 12.9 Å². The van der Waals surface area contributed by atoms with Gasteiger partial charge in [-0.25, -0.2) is 15.0 Å². The highest BCUT2D eigenvalue weighted by Gasteiger charge is 2.08. The third-order valence-corrected chi connectivity index (χ3v) is 3.88. The SMILES string of the molecule is Cc1cc(F)ncc1-c1cnc2nc(COc3ccccc3)cn2c1. The molecule has 0 spiro atoms. The standard InChI is InChI=1S/C19H15FN4O/c1-13-7-18(20)21-9-17(13)14-8-22-19-23-15(11-24(19)10-14)12-25-16-5-3-2-4-6-16/h2-11H,12H2,1H3. The van der Waals surface area contributed by atoms with E-state index in [1.807, 2.05) is 54.0 Å². The minimum absolute atomic E-state index is 0.361. The van der Waals surface area contributed by atoms with E-state index in [4.69, 9.17) is 4.74 Å². The Balaban J connectivity index is 1.61. The first-order valence-corrected chi connectivity index (χ1v) is 7.83. The molecule has 0 saturated carbocycles. The molecule has 5 nitrogen and oxygen atoms in total. The Kier molecular flexibility index (Phi) is 3.85. The Hall–Kier alpha value is -3.28. The lowest BCUT2D eigenvalue weighted by Gasteiger charge is -2.05. The number of para-hydroxylation sites is 1. The molecule has 0 aliphatic heterocycles. The van der Waals surface area contributed by atoms with Gasteiger partial charge < -0.3 is 4.74 Å². The van der Waals surface area contributed by atoms with E-state index >= 15 is 0 Å². The number of aromatic nitrogens is 4. The molecule has 0 N–H and O–H groups in total. The first kappa shape index (κ1) is 15.3. The number of nitrogens with zero attached hydrogens (tertiary/aromatic N) is 4. The van der Waals surface area contributed by atoms with E-state index < -0.39 is 5.95 Å². The molecule has 0 amide bonds. The summed E-state index contributed by atoms with van der Waals surface area (Å²) in [5.41, 5.74) is 3.28. The number of hydrogen-bond donors (Lipinski definition) is 0. The number of benzene rings is 1. The molecular weight excluding hydrogens is 319 g/mol. The minimum Gasteiger partial charge on any atom is -0.487 e. The molecule has 0 radical (unpaired) electrons. The third kappa shape index (κ3) is 3.19. The van der Waals surface area contributed by atoms with Crippen molar-refractivity contribution < 1.29 is 9.13 Å². The van der Waals surface area contributed by atoms with Crippen LogP contribution in [-0.4, -0.2) is 19.4 Å². The smallest absolute Gasteiger partial charge is 0.234 e. The van der Waals surface area contributed by atoms with Crippen LogP contribution in [0.1, 0.15) is 11.3 Å². The van der Waals surface area contributed by atoms with Gasteiger partial charge in [0.25, 0.3) is 0 Å². The molecule has 0 unspecified atom stereocenters. The highest BCUT2D eigenvalue weighted by Crippen LogP contribution is 2.22. The van der Waals surface area contributed by atoms with Gasteiger partial charge in [0.1, 0.15) is 12.4 Å². The predicted octanol–water partition coefficient (Wildman–Crippen LogP) is 3.82. The zero-order chi connectivity index (χ0) is 17.2. The normalized spacial score (nSPS) is 11.0. The molecule has 0 atom stereocenters. The number of ether oxygens (including phenoxy) is 1. The Bertz CT molecular complexity index is 1030. The van der Waals surface area contributed by atoms with Crippen LogP contribution < -0.4 is 4.74 Å². The summed E-state index contributed by atoms with van der Waals surface area (Å²) in [6, 6.07) is 11.0. The van der Waals surface area contributed by atoms with Crippen molar-refractivity contribution in [3.8, 4) is 16.9 Å². The molecule has 4 rings (SSSR count). The molecular formula is C19H15FN4O. The van der Waals surface area contributed by atoms with E-state index in [-0.39, 0.29) is 0 Å². The fraction of sp³-hybridized carbons (Fsp3) is 0.105. The number of fused-ring (bicyclic) bond motifs is 1. The van der Waals surface area contributed by atoms with Crippen molar-refractivity contribution in [3.05, 3.63) is 78.4 Å². The first-order chi connectivity index (χ1) is 12.2. The van der Waals surface area contributed by atoms with Gasteiger partial charge in [0.05, 0.1) is 5.69 Å².